The van der Waals surface area contributed by atoms with E-state index < -0.39 is 18.0 Å². The molecule has 0 saturated carbocycles. The van der Waals surface area contributed by atoms with E-state index in [1.165, 1.54) is 16.2 Å². The van der Waals surface area contributed by atoms with Gasteiger partial charge >= 0.3 is 12.0 Å². The smallest absolute Gasteiger partial charge is 0.326 e. The molecule has 112 valence electrons. The Morgan fingerprint density at radius 2 is 2.15 bits per heavy atom. The van der Waals surface area contributed by atoms with E-state index in [1.54, 1.807) is 20.0 Å². The Morgan fingerprint density at radius 1 is 1.50 bits per heavy atom. The average Bonchev–Trinajstić information content (AvgIpc) is 2.79. The van der Waals surface area contributed by atoms with Crippen LogP contribution in [0.15, 0.2) is 12.1 Å². The van der Waals surface area contributed by atoms with Crippen molar-refractivity contribution < 1.29 is 14.7 Å². The van der Waals surface area contributed by atoms with Gasteiger partial charge in [-0.15, -0.1) is 11.3 Å². The molecule has 2 N–H and O–H groups in total. The van der Waals surface area contributed by atoms with Crippen LogP contribution in [0.1, 0.15) is 25.1 Å². The lowest BCUT2D eigenvalue weighted by atomic mass is 9.99. The molecule has 1 aromatic heterocycles. The van der Waals surface area contributed by atoms with Crippen molar-refractivity contribution in [1.29, 1.82) is 0 Å². The molecule has 0 aromatic carbocycles. The highest BCUT2D eigenvalue weighted by Crippen LogP contribution is 2.22. The van der Waals surface area contributed by atoms with E-state index in [1.807, 2.05) is 13.0 Å². The summed E-state index contributed by atoms with van der Waals surface area (Å²) in [5.74, 6) is -1.14. The third-order valence-electron chi connectivity index (χ3n) is 3.13. The van der Waals surface area contributed by atoms with Crippen LogP contribution < -0.4 is 5.32 Å². The van der Waals surface area contributed by atoms with Crippen molar-refractivity contribution in [3.05, 3.63) is 21.3 Å². The summed E-state index contributed by atoms with van der Waals surface area (Å²) in [6.45, 7) is 4.10. The molecule has 0 bridgehead atoms. The predicted octanol–water partition coefficient (Wildman–Crippen LogP) is 3.04. The number of nitrogens with one attached hydrogen (secondary N) is 1. The number of carbonyl (C=O) groups excluding carboxylic acids is 1. The Labute approximate surface area is 127 Å². The molecule has 7 heteroatoms. The molecule has 1 aromatic rings. The number of amides is 2. The van der Waals surface area contributed by atoms with E-state index in [-0.39, 0.29) is 5.92 Å². The van der Waals surface area contributed by atoms with E-state index in [4.69, 9.17) is 16.7 Å². The molecule has 1 heterocycles. The van der Waals surface area contributed by atoms with Gasteiger partial charge in [0.15, 0.2) is 0 Å². The number of rotatable bonds is 6. The average molecular weight is 319 g/mol. The molecule has 5 nitrogen and oxygen atoms in total. The highest BCUT2D eigenvalue weighted by molar-refractivity contribution is 7.16. The van der Waals surface area contributed by atoms with Crippen LogP contribution in [-0.4, -0.2) is 35.1 Å². The van der Waals surface area contributed by atoms with Gasteiger partial charge in [0.1, 0.15) is 6.04 Å². The number of urea groups is 1. The monoisotopic (exact) mass is 318 g/mol. The van der Waals surface area contributed by atoms with Gasteiger partial charge in [-0.25, -0.2) is 9.59 Å². The molecule has 0 saturated heterocycles. The Morgan fingerprint density at radius 3 is 2.60 bits per heavy atom. The molecular weight excluding hydrogens is 300 g/mol. The minimum atomic E-state index is -1.01. The highest BCUT2D eigenvalue weighted by atomic mass is 35.5. The Hall–Kier alpha value is -1.27. The number of carbonyl (C=O) groups is 2. The van der Waals surface area contributed by atoms with Crippen LogP contribution in [0.3, 0.4) is 0 Å². The van der Waals surface area contributed by atoms with Crippen molar-refractivity contribution in [2.24, 2.45) is 5.92 Å². The SMILES string of the molecule is CC[C@H](C)[C@H](NC(=O)N(C)Cc1ccc(Cl)s1)C(=O)O. The van der Waals surface area contributed by atoms with Crippen molar-refractivity contribution in [3.8, 4) is 0 Å². The Balaban J connectivity index is 2.61. The molecule has 2 amide bonds. The summed E-state index contributed by atoms with van der Waals surface area (Å²) in [4.78, 5) is 25.6. The standard InChI is InChI=1S/C13H19ClN2O3S/c1-4-8(2)11(12(17)18)15-13(19)16(3)7-9-5-6-10(14)20-9/h5-6,8,11H,4,7H2,1-3H3,(H,15,19)(H,17,18)/t8-,11-/m0/s1. The maximum Gasteiger partial charge on any atom is 0.326 e. The molecule has 0 spiro atoms. The van der Waals surface area contributed by atoms with Gasteiger partial charge in [0.2, 0.25) is 0 Å². The van der Waals surface area contributed by atoms with Crippen LogP contribution in [0.4, 0.5) is 4.79 Å². The number of nitrogens with zero attached hydrogens (tertiary/aromatic N) is 1. The van der Waals surface area contributed by atoms with Crippen LogP contribution in [0.2, 0.25) is 4.34 Å². The van der Waals surface area contributed by atoms with Crippen molar-refractivity contribution in [2.45, 2.75) is 32.9 Å². The number of halogens is 1. The number of hydrogen-bond donors (Lipinski definition) is 2. The van der Waals surface area contributed by atoms with E-state index in [0.29, 0.717) is 17.3 Å². The minimum absolute atomic E-state index is 0.124. The second-order valence-corrected chi connectivity index (χ2v) is 6.51. The Bertz CT molecular complexity index is 478. The number of aliphatic carboxylic acids is 1. The normalized spacial score (nSPS) is 13.6. The third-order valence-corrected chi connectivity index (χ3v) is 4.34. The molecule has 0 fully saturated rings. The molecule has 0 aliphatic heterocycles. The van der Waals surface area contributed by atoms with Crippen LogP contribution in [0.5, 0.6) is 0 Å². The second kappa shape index (κ2) is 7.50. The second-order valence-electron chi connectivity index (χ2n) is 4.71. The van der Waals surface area contributed by atoms with Gasteiger partial charge in [-0.3, -0.25) is 0 Å². The predicted molar refractivity (Wildman–Crippen MR) is 80.2 cm³/mol. The molecule has 20 heavy (non-hydrogen) atoms. The largest absolute Gasteiger partial charge is 0.480 e. The zero-order valence-electron chi connectivity index (χ0n) is 11.7. The summed E-state index contributed by atoms with van der Waals surface area (Å²) in [5, 5.41) is 11.7. The first-order chi connectivity index (χ1) is 9.35. The molecule has 0 unspecified atom stereocenters. The van der Waals surface area contributed by atoms with Crippen LogP contribution in [-0.2, 0) is 11.3 Å². The lowest BCUT2D eigenvalue weighted by molar-refractivity contribution is -0.140. The van der Waals surface area contributed by atoms with Gasteiger partial charge in [0, 0.05) is 11.9 Å². The summed E-state index contributed by atoms with van der Waals surface area (Å²) in [6, 6.07) is 2.34. The fraction of sp³-hybridized carbons (Fsp3) is 0.538. The fourth-order valence-electron chi connectivity index (χ4n) is 1.67. The molecular formula is C13H19ClN2O3S. The van der Waals surface area contributed by atoms with Crippen molar-refractivity contribution in [2.75, 3.05) is 7.05 Å². The van der Waals surface area contributed by atoms with Crippen LogP contribution >= 0.6 is 22.9 Å². The Kier molecular flexibility index (Phi) is 6.29. The van der Waals surface area contributed by atoms with Crippen molar-refractivity contribution >= 4 is 34.9 Å². The number of carboxylic acid groups (broad SMARTS) is 1. The summed E-state index contributed by atoms with van der Waals surface area (Å²) in [7, 11) is 1.62. The van der Waals surface area contributed by atoms with Gasteiger partial charge in [-0.1, -0.05) is 31.9 Å². The third kappa shape index (κ3) is 4.68. The summed E-state index contributed by atoms with van der Waals surface area (Å²) < 4.78 is 0.664. The summed E-state index contributed by atoms with van der Waals surface area (Å²) in [5.41, 5.74) is 0. The maximum absolute atomic E-state index is 12.0. The molecule has 0 radical (unpaired) electrons. The first-order valence-corrected chi connectivity index (χ1v) is 7.53. The lowest BCUT2D eigenvalue weighted by Gasteiger charge is -2.24. The number of thiophene rings is 1. The topological polar surface area (TPSA) is 69.6 Å². The van der Waals surface area contributed by atoms with E-state index >= 15 is 0 Å². The fourth-order valence-corrected chi connectivity index (χ4v) is 2.81. The van der Waals surface area contributed by atoms with Crippen LogP contribution in [0.25, 0.3) is 0 Å². The molecule has 1 rings (SSSR count). The van der Waals surface area contributed by atoms with Gasteiger partial charge < -0.3 is 15.3 Å². The first-order valence-electron chi connectivity index (χ1n) is 6.33. The van der Waals surface area contributed by atoms with Crippen LogP contribution in [0, 0.1) is 5.92 Å². The van der Waals surface area contributed by atoms with Gasteiger partial charge in [-0.2, -0.15) is 0 Å². The van der Waals surface area contributed by atoms with Gasteiger partial charge in [-0.05, 0) is 18.1 Å². The minimum Gasteiger partial charge on any atom is -0.480 e. The number of hydrogen-bond acceptors (Lipinski definition) is 3. The highest BCUT2D eigenvalue weighted by Gasteiger charge is 2.26. The lowest BCUT2D eigenvalue weighted by Crippen LogP contribution is -2.49. The quantitative estimate of drug-likeness (QED) is 0.847. The molecule has 0 aliphatic carbocycles. The summed E-state index contributed by atoms with van der Waals surface area (Å²) >= 11 is 7.23. The van der Waals surface area contributed by atoms with Crippen molar-refractivity contribution in [1.82, 2.24) is 10.2 Å². The zero-order chi connectivity index (χ0) is 15.3. The van der Waals surface area contributed by atoms with E-state index in [9.17, 15) is 9.59 Å². The van der Waals surface area contributed by atoms with Gasteiger partial charge in [0.25, 0.3) is 0 Å². The maximum atomic E-state index is 12.0. The summed E-state index contributed by atoms with van der Waals surface area (Å²) in [6.07, 6.45) is 0.682. The number of carboxylic acids is 1. The first kappa shape index (κ1) is 16.8. The molecule has 2 atom stereocenters. The van der Waals surface area contributed by atoms with Gasteiger partial charge in [0.05, 0.1) is 10.9 Å². The zero-order valence-corrected chi connectivity index (χ0v) is 13.3. The van der Waals surface area contributed by atoms with E-state index in [0.717, 1.165) is 4.88 Å². The van der Waals surface area contributed by atoms with Crippen molar-refractivity contribution in [3.63, 3.8) is 0 Å². The van der Waals surface area contributed by atoms with E-state index in [2.05, 4.69) is 5.32 Å². The molecule has 0 aliphatic rings.